The fourth-order valence-corrected chi connectivity index (χ4v) is 1.54. The van der Waals surface area contributed by atoms with E-state index in [1.807, 2.05) is 31.2 Å². The predicted molar refractivity (Wildman–Crippen MR) is 69.7 cm³/mol. The second-order valence-corrected chi connectivity index (χ2v) is 3.87. The standard InChI is InChI=1S/C13H13N5/c1-9-3-2-4-10(17-9)8-16-13-6-5-11(15)12(7-14)18-13/h2-6H,8,15H2,1H3,(H,16,18). The molecule has 0 aliphatic heterocycles. The SMILES string of the molecule is Cc1cccc(CNc2ccc(N)c(C#N)n2)n1. The molecule has 0 aliphatic rings. The third kappa shape index (κ3) is 2.74. The van der Waals surface area contributed by atoms with Crippen LogP contribution in [0.5, 0.6) is 0 Å². The second-order valence-electron chi connectivity index (χ2n) is 3.87. The highest BCUT2D eigenvalue weighted by Gasteiger charge is 2.02. The number of nitrogens with zero attached hydrogens (tertiary/aromatic N) is 3. The molecule has 2 heterocycles. The Morgan fingerprint density at radius 1 is 1.28 bits per heavy atom. The van der Waals surface area contributed by atoms with Crippen LogP contribution in [0.2, 0.25) is 0 Å². The minimum atomic E-state index is 0.234. The average Bonchev–Trinajstić information content (AvgIpc) is 2.38. The molecule has 0 aromatic carbocycles. The quantitative estimate of drug-likeness (QED) is 0.853. The van der Waals surface area contributed by atoms with Gasteiger partial charge >= 0.3 is 0 Å². The van der Waals surface area contributed by atoms with Crippen molar-refractivity contribution in [3.8, 4) is 6.07 Å². The molecule has 0 unspecified atom stereocenters. The van der Waals surface area contributed by atoms with Gasteiger partial charge < -0.3 is 11.1 Å². The van der Waals surface area contributed by atoms with Gasteiger partial charge in [0, 0.05) is 5.69 Å². The van der Waals surface area contributed by atoms with Gasteiger partial charge in [-0.1, -0.05) is 6.07 Å². The van der Waals surface area contributed by atoms with Gasteiger partial charge in [-0.25, -0.2) is 4.98 Å². The fraction of sp³-hybridized carbons (Fsp3) is 0.154. The summed E-state index contributed by atoms with van der Waals surface area (Å²) in [6.45, 7) is 2.50. The van der Waals surface area contributed by atoms with Gasteiger partial charge in [-0.15, -0.1) is 0 Å². The maximum absolute atomic E-state index is 8.83. The van der Waals surface area contributed by atoms with Gasteiger partial charge in [-0.05, 0) is 31.2 Å². The van der Waals surface area contributed by atoms with E-state index in [4.69, 9.17) is 11.0 Å². The number of rotatable bonds is 3. The summed E-state index contributed by atoms with van der Waals surface area (Å²) in [4.78, 5) is 8.47. The summed E-state index contributed by atoms with van der Waals surface area (Å²) in [5, 5.41) is 11.9. The van der Waals surface area contributed by atoms with E-state index in [-0.39, 0.29) is 5.69 Å². The molecule has 2 aromatic rings. The summed E-state index contributed by atoms with van der Waals surface area (Å²) >= 11 is 0. The summed E-state index contributed by atoms with van der Waals surface area (Å²) in [6.07, 6.45) is 0. The molecule has 5 heteroatoms. The highest BCUT2D eigenvalue weighted by atomic mass is 15.0. The average molecular weight is 239 g/mol. The van der Waals surface area contributed by atoms with Gasteiger partial charge in [0.2, 0.25) is 0 Å². The first-order chi connectivity index (χ1) is 8.69. The molecular weight excluding hydrogens is 226 g/mol. The number of nitrogens with one attached hydrogen (secondary N) is 1. The van der Waals surface area contributed by atoms with Crippen molar-refractivity contribution in [2.24, 2.45) is 0 Å². The number of pyridine rings is 2. The molecule has 0 atom stereocenters. The molecule has 3 N–H and O–H groups in total. The van der Waals surface area contributed by atoms with Crippen molar-refractivity contribution < 1.29 is 0 Å². The Bertz CT molecular complexity index is 601. The van der Waals surface area contributed by atoms with E-state index in [1.54, 1.807) is 12.1 Å². The van der Waals surface area contributed by atoms with E-state index < -0.39 is 0 Å². The molecule has 0 aliphatic carbocycles. The van der Waals surface area contributed by atoms with Crippen molar-refractivity contribution in [2.75, 3.05) is 11.1 Å². The summed E-state index contributed by atoms with van der Waals surface area (Å²) in [6, 6.07) is 11.2. The van der Waals surface area contributed by atoms with E-state index in [0.717, 1.165) is 11.4 Å². The Hall–Kier alpha value is -2.61. The zero-order valence-electron chi connectivity index (χ0n) is 10.0. The first-order valence-corrected chi connectivity index (χ1v) is 5.52. The molecule has 90 valence electrons. The van der Waals surface area contributed by atoms with Gasteiger partial charge in [0.1, 0.15) is 11.9 Å². The van der Waals surface area contributed by atoms with Crippen LogP contribution in [0.4, 0.5) is 11.5 Å². The molecule has 2 aromatic heterocycles. The molecule has 18 heavy (non-hydrogen) atoms. The Kier molecular flexibility index (Phi) is 3.39. The van der Waals surface area contributed by atoms with Gasteiger partial charge in [0.15, 0.2) is 5.69 Å². The van der Waals surface area contributed by atoms with Crippen LogP contribution in [-0.2, 0) is 6.54 Å². The van der Waals surface area contributed by atoms with E-state index >= 15 is 0 Å². The van der Waals surface area contributed by atoms with Crippen LogP contribution in [0.25, 0.3) is 0 Å². The maximum Gasteiger partial charge on any atom is 0.165 e. The lowest BCUT2D eigenvalue weighted by molar-refractivity contribution is 1.00. The van der Waals surface area contributed by atoms with Crippen LogP contribution in [-0.4, -0.2) is 9.97 Å². The zero-order valence-corrected chi connectivity index (χ0v) is 10.0. The Balaban J connectivity index is 2.09. The molecule has 0 radical (unpaired) electrons. The van der Waals surface area contributed by atoms with Crippen LogP contribution in [0.3, 0.4) is 0 Å². The first kappa shape index (κ1) is 11.9. The van der Waals surface area contributed by atoms with Crippen LogP contribution < -0.4 is 11.1 Å². The third-order valence-corrected chi connectivity index (χ3v) is 2.43. The van der Waals surface area contributed by atoms with Crippen molar-refractivity contribution in [2.45, 2.75) is 13.5 Å². The topological polar surface area (TPSA) is 87.6 Å². The summed E-state index contributed by atoms with van der Waals surface area (Å²) in [7, 11) is 0. The molecule has 0 spiro atoms. The Morgan fingerprint density at radius 3 is 2.83 bits per heavy atom. The molecule has 2 rings (SSSR count). The summed E-state index contributed by atoms with van der Waals surface area (Å²) in [5.74, 6) is 0.615. The smallest absolute Gasteiger partial charge is 0.165 e. The molecule has 0 saturated carbocycles. The zero-order chi connectivity index (χ0) is 13.0. The van der Waals surface area contributed by atoms with Crippen molar-refractivity contribution >= 4 is 11.5 Å². The van der Waals surface area contributed by atoms with Crippen LogP contribution in [0, 0.1) is 18.3 Å². The van der Waals surface area contributed by atoms with Crippen LogP contribution in [0.15, 0.2) is 30.3 Å². The van der Waals surface area contributed by atoms with E-state index in [0.29, 0.717) is 18.1 Å². The summed E-state index contributed by atoms with van der Waals surface area (Å²) in [5.41, 5.74) is 8.11. The van der Waals surface area contributed by atoms with Crippen molar-refractivity contribution in [3.63, 3.8) is 0 Å². The number of nitrogens with two attached hydrogens (primary N) is 1. The number of anilines is 2. The van der Waals surface area contributed by atoms with Crippen molar-refractivity contribution in [1.82, 2.24) is 9.97 Å². The maximum atomic E-state index is 8.83. The lowest BCUT2D eigenvalue weighted by Gasteiger charge is -2.06. The molecule has 0 fully saturated rings. The van der Waals surface area contributed by atoms with Crippen molar-refractivity contribution in [1.29, 1.82) is 5.26 Å². The predicted octanol–water partition coefficient (Wildman–Crippen LogP) is 1.85. The number of hydrogen-bond donors (Lipinski definition) is 2. The van der Waals surface area contributed by atoms with Gasteiger partial charge in [0.05, 0.1) is 17.9 Å². The minimum Gasteiger partial charge on any atom is -0.396 e. The summed E-state index contributed by atoms with van der Waals surface area (Å²) < 4.78 is 0. The fourth-order valence-electron chi connectivity index (χ4n) is 1.54. The normalized spacial score (nSPS) is 9.78. The monoisotopic (exact) mass is 239 g/mol. The van der Waals surface area contributed by atoms with Gasteiger partial charge in [-0.2, -0.15) is 5.26 Å². The van der Waals surface area contributed by atoms with Crippen LogP contribution in [0.1, 0.15) is 17.1 Å². The van der Waals surface area contributed by atoms with Gasteiger partial charge in [-0.3, -0.25) is 4.98 Å². The highest BCUT2D eigenvalue weighted by molar-refractivity contribution is 5.54. The minimum absolute atomic E-state index is 0.234. The number of nitrogen functional groups attached to an aromatic ring is 1. The third-order valence-electron chi connectivity index (χ3n) is 2.43. The number of aromatic nitrogens is 2. The lowest BCUT2D eigenvalue weighted by Crippen LogP contribution is -2.05. The highest BCUT2D eigenvalue weighted by Crippen LogP contribution is 2.12. The molecule has 0 saturated heterocycles. The molecule has 0 bridgehead atoms. The lowest BCUT2D eigenvalue weighted by atomic mass is 10.3. The molecule has 5 nitrogen and oxygen atoms in total. The van der Waals surface area contributed by atoms with Gasteiger partial charge in [0.25, 0.3) is 0 Å². The number of nitriles is 1. The van der Waals surface area contributed by atoms with E-state index in [1.165, 1.54) is 0 Å². The second kappa shape index (κ2) is 5.15. The van der Waals surface area contributed by atoms with E-state index in [9.17, 15) is 0 Å². The van der Waals surface area contributed by atoms with E-state index in [2.05, 4.69) is 15.3 Å². The van der Waals surface area contributed by atoms with Crippen molar-refractivity contribution in [3.05, 3.63) is 47.4 Å². The largest absolute Gasteiger partial charge is 0.396 e. The number of aryl methyl sites for hydroxylation is 1. The number of hydrogen-bond acceptors (Lipinski definition) is 5. The van der Waals surface area contributed by atoms with Crippen LogP contribution >= 0.6 is 0 Å². The Morgan fingerprint density at radius 2 is 2.11 bits per heavy atom. The molecule has 0 amide bonds. The Labute approximate surface area is 105 Å². The first-order valence-electron chi connectivity index (χ1n) is 5.52. The molecular formula is C13H13N5.